The van der Waals surface area contributed by atoms with Gasteiger partial charge < -0.3 is 9.64 Å². The molecular formula is C19H23NO2. The lowest BCUT2D eigenvalue weighted by molar-refractivity contribution is -0.139. The summed E-state index contributed by atoms with van der Waals surface area (Å²) in [6.45, 7) is 3.75. The summed E-state index contributed by atoms with van der Waals surface area (Å²) in [6.07, 6.45) is 3.75. The van der Waals surface area contributed by atoms with Gasteiger partial charge in [0.25, 0.3) is 5.91 Å². The molecule has 0 radical (unpaired) electrons. The molecule has 0 spiro atoms. The quantitative estimate of drug-likeness (QED) is 0.853. The van der Waals surface area contributed by atoms with Crippen molar-refractivity contribution in [2.45, 2.75) is 38.7 Å². The van der Waals surface area contributed by atoms with Crippen molar-refractivity contribution in [3.05, 3.63) is 42.5 Å². The molecule has 3 heteroatoms. The molecule has 0 bridgehead atoms. The number of nitrogens with zero attached hydrogens (tertiary/aromatic N) is 1. The van der Waals surface area contributed by atoms with Gasteiger partial charge in [-0.25, -0.2) is 0 Å². The average Bonchev–Trinajstić information content (AvgIpc) is 2.60. The maximum absolute atomic E-state index is 12.7. The number of rotatable bonds is 4. The number of carbonyl (C=O) groups excluding carboxylic acids is 1. The zero-order chi connectivity index (χ0) is 15.4. The highest BCUT2D eigenvalue weighted by atomic mass is 16.5. The second-order valence-corrected chi connectivity index (χ2v) is 5.88. The van der Waals surface area contributed by atoms with Gasteiger partial charge in [0.2, 0.25) is 0 Å². The predicted octanol–water partition coefficient (Wildman–Crippen LogP) is 4.01. The van der Waals surface area contributed by atoms with Gasteiger partial charge in [0.1, 0.15) is 5.75 Å². The molecule has 1 atom stereocenters. The number of carbonyl (C=O) groups is 1. The van der Waals surface area contributed by atoms with Crippen LogP contribution in [0.2, 0.25) is 0 Å². The summed E-state index contributed by atoms with van der Waals surface area (Å²) >= 11 is 0. The van der Waals surface area contributed by atoms with Crippen molar-refractivity contribution in [3.8, 4) is 5.75 Å². The number of benzene rings is 2. The van der Waals surface area contributed by atoms with E-state index in [1.165, 1.54) is 6.42 Å². The van der Waals surface area contributed by atoms with Crippen LogP contribution >= 0.6 is 0 Å². The maximum atomic E-state index is 12.7. The Hall–Kier alpha value is -2.03. The Morgan fingerprint density at radius 1 is 1.09 bits per heavy atom. The molecule has 0 aliphatic carbocycles. The molecule has 1 aliphatic heterocycles. The van der Waals surface area contributed by atoms with Crippen molar-refractivity contribution in [2.75, 3.05) is 13.1 Å². The van der Waals surface area contributed by atoms with E-state index in [1.54, 1.807) is 0 Å². The zero-order valence-electron chi connectivity index (χ0n) is 13.1. The summed E-state index contributed by atoms with van der Waals surface area (Å²) in [7, 11) is 0. The van der Waals surface area contributed by atoms with Crippen molar-refractivity contribution in [1.82, 2.24) is 4.90 Å². The Morgan fingerprint density at radius 3 is 2.59 bits per heavy atom. The minimum atomic E-state index is -0.385. The van der Waals surface area contributed by atoms with E-state index in [4.69, 9.17) is 4.74 Å². The van der Waals surface area contributed by atoms with Crippen LogP contribution in [0.25, 0.3) is 10.8 Å². The lowest BCUT2D eigenvalue weighted by Gasteiger charge is -2.30. The van der Waals surface area contributed by atoms with E-state index in [1.807, 2.05) is 42.2 Å². The molecule has 0 unspecified atom stereocenters. The van der Waals surface area contributed by atoms with Gasteiger partial charge >= 0.3 is 0 Å². The molecule has 1 fully saturated rings. The summed E-state index contributed by atoms with van der Waals surface area (Å²) in [4.78, 5) is 14.6. The van der Waals surface area contributed by atoms with Gasteiger partial charge in [0, 0.05) is 18.5 Å². The van der Waals surface area contributed by atoms with Crippen LogP contribution in [0, 0.1) is 0 Å². The summed E-state index contributed by atoms with van der Waals surface area (Å²) in [6, 6.07) is 14.1. The fourth-order valence-electron chi connectivity index (χ4n) is 3.08. The highest BCUT2D eigenvalue weighted by Crippen LogP contribution is 2.27. The molecule has 3 rings (SSSR count). The van der Waals surface area contributed by atoms with E-state index in [-0.39, 0.29) is 12.0 Å². The Labute approximate surface area is 131 Å². The fraction of sp³-hybridized carbons (Fsp3) is 0.421. The van der Waals surface area contributed by atoms with Crippen molar-refractivity contribution in [3.63, 3.8) is 0 Å². The van der Waals surface area contributed by atoms with Gasteiger partial charge in [-0.2, -0.15) is 0 Å². The first-order valence-corrected chi connectivity index (χ1v) is 8.23. The van der Waals surface area contributed by atoms with E-state index in [2.05, 4.69) is 12.1 Å². The van der Waals surface area contributed by atoms with Crippen molar-refractivity contribution >= 4 is 16.7 Å². The van der Waals surface area contributed by atoms with E-state index >= 15 is 0 Å². The molecule has 1 saturated heterocycles. The highest BCUT2D eigenvalue weighted by molar-refractivity contribution is 5.89. The summed E-state index contributed by atoms with van der Waals surface area (Å²) in [5.74, 6) is 0.936. The fourth-order valence-corrected chi connectivity index (χ4v) is 3.08. The minimum absolute atomic E-state index is 0.134. The SMILES string of the molecule is CC[C@H](Oc1cccc2ccccc12)C(=O)N1CCCCC1. The summed E-state index contributed by atoms with van der Waals surface area (Å²) < 4.78 is 6.10. The second kappa shape index (κ2) is 6.82. The van der Waals surface area contributed by atoms with Crippen LogP contribution in [0.5, 0.6) is 5.75 Å². The van der Waals surface area contributed by atoms with Crippen molar-refractivity contribution in [2.24, 2.45) is 0 Å². The molecule has 116 valence electrons. The van der Waals surface area contributed by atoms with E-state index < -0.39 is 0 Å². The first kappa shape index (κ1) is 14.9. The largest absolute Gasteiger partial charge is 0.480 e. The summed E-state index contributed by atoms with van der Waals surface area (Å²) in [5.41, 5.74) is 0. The summed E-state index contributed by atoms with van der Waals surface area (Å²) in [5, 5.41) is 2.20. The van der Waals surface area contributed by atoms with Crippen molar-refractivity contribution < 1.29 is 9.53 Å². The van der Waals surface area contributed by atoms with Crippen LogP contribution in [0.3, 0.4) is 0 Å². The average molecular weight is 297 g/mol. The van der Waals surface area contributed by atoms with E-state index in [9.17, 15) is 4.79 Å². The van der Waals surface area contributed by atoms with Gasteiger partial charge in [0.15, 0.2) is 6.10 Å². The third-order valence-corrected chi connectivity index (χ3v) is 4.33. The standard InChI is InChI=1S/C19H23NO2/c1-2-17(19(21)20-13-6-3-7-14-20)22-18-12-8-10-15-9-4-5-11-16(15)18/h4-5,8-12,17H,2-3,6-7,13-14H2,1H3/t17-/m0/s1. The molecule has 3 nitrogen and oxygen atoms in total. The molecular weight excluding hydrogens is 274 g/mol. The van der Waals surface area contributed by atoms with Crippen LogP contribution in [-0.2, 0) is 4.79 Å². The lowest BCUT2D eigenvalue weighted by Crippen LogP contribution is -2.44. The smallest absolute Gasteiger partial charge is 0.263 e. The number of piperidine rings is 1. The Balaban J connectivity index is 1.80. The third kappa shape index (κ3) is 3.08. The number of hydrogen-bond acceptors (Lipinski definition) is 2. The van der Waals surface area contributed by atoms with Gasteiger partial charge in [-0.05, 0) is 37.1 Å². The number of hydrogen-bond donors (Lipinski definition) is 0. The normalized spacial score (nSPS) is 16.5. The molecule has 0 aromatic heterocycles. The zero-order valence-corrected chi connectivity index (χ0v) is 13.1. The monoisotopic (exact) mass is 297 g/mol. The van der Waals surface area contributed by atoms with E-state index in [0.29, 0.717) is 6.42 Å². The maximum Gasteiger partial charge on any atom is 0.263 e. The predicted molar refractivity (Wildman–Crippen MR) is 89.1 cm³/mol. The molecule has 1 aliphatic rings. The third-order valence-electron chi connectivity index (χ3n) is 4.33. The molecule has 2 aromatic rings. The number of fused-ring (bicyclic) bond motifs is 1. The van der Waals surface area contributed by atoms with Crippen LogP contribution in [-0.4, -0.2) is 30.0 Å². The van der Waals surface area contributed by atoms with Gasteiger partial charge in [0.05, 0.1) is 0 Å². The molecule has 0 saturated carbocycles. The van der Waals surface area contributed by atoms with Crippen LogP contribution in [0.4, 0.5) is 0 Å². The highest BCUT2D eigenvalue weighted by Gasteiger charge is 2.26. The lowest BCUT2D eigenvalue weighted by atomic mass is 10.1. The number of amides is 1. The molecule has 1 heterocycles. The number of ether oxygens (including phenoxy) is 1. The van der Waals surface area contributed by atoms with Crippen LogP contribution in [0.15, 0.2) is 42.5 Å². The molecule has 0 N–H and O–H groups in total. The Morgan fingerprint density at radius 2 is 1.82 bits per heavy atom. The molecule has 22 heavy (non-hydrogen) atoms. The first-order chi connectivity index (χ1) is 10.8. The topological polar surface area (TPSA) is 29.5 Å². The first-order valence-electron chi connectivity index (χ1n) is 8.23. The van der Waals surface area contributed by atoms with Crippen LogP contribution in [0.1, 0.15) is 32.6 Å². The Bertz CT molecular complexity index is 641. The van der Waals surface area contributed by atoms with Gasteiger partial charge in [-0.3, -0.25) is 4.79 Å². The van der Waals surface area contributed by atoms with Crippen molar-refractivity contribution in [1.29, 1.82) is 0 Å². The Kier molecular flexibility index (Phi) is 4.62. The molecule has 2 aromatic carbocycles. The van der Waals surface area contributed by atoms with Gasteiger partial charge in [-0.15, -0.1) is 0 Å². The molecule has 1 amide bonds. The minimum Gasteiger partial charge on any atom is -0.480 e. The van der Waals surface area contributed by atoms with E-state index in [0.717, 1.165) is 42.5 Å². The van der Waals surface area contributed by atoms with Crippen LogP contribution < -0.4 is 4.74 Å². The number of likely N-dealkylation sites (tertiary alicyclic amines) is 1. The van der Waals surface area contributed by atoms with Gasteiger partial charge in [-0.1, -0.05) is 43.3 Å². The second-order valence-electron chi connectivity index (χ2n) is 5.88.